The van der Waals surface area contributed by atoms with Crippen molar-refractivity contribution in [3.05, 3.63) is 24.3 Å². The number of rotatable bonds is 6. The number of aryl methyl sites for hydroxylation is 1. The normalized spacial score (nSPS) is 26.6. The van der Waals surface area contributed by atoms with Gasteiger partial charge in [-0.05, 0) is 30.7 Å². The average Bonchev–Trinajstić information content (AvgIpc) is 2.58. The summed E-state index contributed by atoms with van der Waals surface area (Å²) in [6.07, 6.45) is 10.4. The minimum absolute atomic E-state index is 0.262. The van der Waals surface area contributed by atoms with E-state index in [4.69, 9.17) is 4.74 Å². The predicted octanol–water partition coefficient (Wildman–Crippen LogP) is 2.71. The van der Waals surface area contributed by atoms with Crippen LogP contribution in [0.25, 0.3) is 0 Å². The number of amides is 1. The SMILES string of the molecule is CC(C)COC1C2CCCC1CN(C(=O)CCc1cncnc1)C2. The minimum Gasteiger partial charge on any atom is -0.377 e. The fraction of sp³-hybridized carbons (Fsp3) is 0.737. The number of carbonyl (C=O) groups excluding carboxylic acids is 1. The highest BCUT2D eigenvalue weighted by Crippen LogP contribution is 2.37. The van der Waals surface area contributed by atoms with Gasteiger partial charge in [0.1, 0.15) is 6.33 Å². The predicted molar refractivity (Wildman–Crippen MR) is 92.3 cm³/mol. The van der Waals surface area contributed by atoms with Crippen LogP contribution in [0.1, 0.15) is 45.1 Å². The van der Waals surface area contributed by atoms with Gasteiger partial charge in [-0.1, -0.05) is 20.3 Å². The Bertz CT molecular complexity index is 521. The molecule has 2 heterocycles. The summed E-state index contributed by atoms with van der Waals surface area (Å²) in [5, 5.41) is 0. The summed E-state index contributed by atoms with van der Waals surface area (Å²) in [6, 6.07) is 0. The molecule has 2 atom stereocenters. The lowest BCUT2D eigenvalue weighted by Crippen LogP contribution is -2.54. The number of fused-ring (bicyclic) bond motifs is 2. The fourth-order valence-electron chi connectivity index (χ4n) is 4.03. The van der Waals surface area contributed by atoms with E-state index in [-0.39, 0.29) is 5.91 Å². The standard InChI is InChI=1S/C19H29N3O2/c1-14(2)12-24-19-16-4-3-5-17(19)11-22(10-16)18(23)7-6-15-8-20-13-21-9-15/h8-9,13-14,16-17,19H,3-7,10-12H2,1-2H3. The van der Waals surface area contributed by atoms with Gasteiger partial charge in [-0.15, -0.1) is 0 Å². The Kier molecular flexibility index (Phi) is 5.82. The molecule has 1 aromatic heterocycles. The largest absolute Gasteiger partial charge is 0.377 e. The molecular weight excluding hydrogens is 302 g/mol. The van der Waals surface area contributed by atoms with E-state index in [1.54, 1.807) is 12.4 Å². The van der Waals surface area contributed by atoms with E-state index in [0.717, 1.165) is 31.7 Å². The number of piperidine rings is 1. The molecule has 132 valence electrons. The third kappa shape index (κ3) is 4.32. The van der Waals surface area contributed by atoms with E-state index >= 15 is 0 Å². The second-order valence-electron chi connectivity index (χ2n) is 7.69. The topological polar surface area (TPSA) is 55.3 Å². The molecule has 0 radical (unpaired) electrons. The smallest absolute Gasteiger partial charge is 0.222 e. The van der Waals surface area contributed by atoms with Gasteiger partial charge in [-0.2, -0.15) is 0 Å². The number of nitrogens with zero attached hydrogens (tertiary/aromatic N) is 3. The van der Waals surface area contributed by atoms with Crippen LogP contribution < -0.4 is 0 Å². The van der Waals surface area contributed by atoms with E-state index in [1.165, 1.54) is 25.6 Å². The summed E-state index contributed by atoms with van der Waals surface area (Å²) in [4.78, 5) is 22.7. The Morgan fingerprint density at radius 3 is 2.54 bits per heavy atom. The lowest BCUT2D eigenvalue weighted by atomic mass is 9.75. The summed E-state index contributed by atoms with van der Waals surface area (Å²) in [6.45, 7) is 6.95. The lowest BCUT2D eigenvalue weighted by molar-refractivity contribution is -0.144. The number of aromatic nitrogens is 2. The van der Waals surface area contributed by atoms with Crippen molar-refractivity contribution in [2.24, 2.45) is 17.8 Å². The van der Waals surface area contributed by atoms with Crippen LogP contribution in [0.4, 0.5) is 0 Å². The van der Waals surface area contributed by atoms with Crippen LogP contribution in [0.15, 0.2) is 18.7 Å². The Morgan fingerprint density at radius 1 is 1.25 bits per heavy atom. The van der Waals surface area contributed by atoms with Crippen molar-refractivity contribution in [3.63, 3.8) is 0 Å². The van der Waals surface area contributed by atoms with Gasteiger partial charge in [-0.3, -0.25) is 4.79 Å². The van der Waals surface area contributed by atoms with Gasteiger partial charge in [0, 0.05) is 50.3 Å². The molecule has 1 saturated carbocycles. The number of hydrogen-bond acceptors (Lipinski definition) is 4. The van der Waals surface area contributed by atoms with E-state index in [9.17, 15) is 4.79 Å². The molecular formula is C19H29N3O2. The number of carbonyl (C=O) groups is 1. The van der Waals surface area contributed by atoms with Crippen LogP contribution in [0.3, 0.4) is 0 Å². The molecule has 5 heteroatoms. The fourth-order valence-corrected chi connectivity index (χ4v) is 4.03. The number of likely N-dealkylation sites (tertiary alicyclic amines) is 1. The highest BCUT2D eigenvalue weighted by Gasteiger charge is 2.41. The summed E-state index contributed by atoms with van der Waals surface area (Å²) in [5.41, 5.74) is 1.03. The van der Waals surface area contributed by atoms with E-state index < -0.39 is 0 Å². The summed E-state index contributed by atoms with van der Waals surface area (Å²) < 4.78 is 6.21. The summed E-state index contributed by atoms with van der Waals surface area (Å²) in [5.74, 6) is 1.86. The molecule has 1 amide bonds. The van der Waals surface area contributed by atoms with Crippen LogP contribution in [0, 0.1) is 17.8 Å². The zero-order valence-electron chi connectivity index (χ0n) is 14.9. The van der Waals surface area contributed by atoms with Crippen LogP contribution >= 0.6 is 0 Å². The van der Waals surface area contributed by atoms with Gasteiger partial charge >= 0.3 is 0 Å². The molecule has 2 bridgehead atoms. The Labute approximate surface area is 144 Å². The van der Waals surface area contributed by atoms with Crippen molar-refractivity contribution in [3.8, 4) is 0 Å². The molecule has 0 N–H and O–H groups in total. The summed E-state index contributed by atoms with van der Waals surface area (Å²) >= 11 is 0. The van der Waals surface area contributed by atoms with Crippen molar-refractivity contribution >= 4 is 5.91 Å². The third-order valence-corrected chi connectivity index (χ3v) is 5.21. The molecule has 24 heavy (non-hydrogen) atoms. The van der Waals surface area contributed by atoms with Gasteiger partial charge in [0.2, 0.25) is 5.91 Å². The van der Waals surface area contributed by atoms with E-state index in [2.05, 4.69) is 28.7 Å². The maximum Gasteiger partial charge on any atom is 0.222 e. The lowest BCUT2D eigenvalue weighted by Gasteiger charge is -2.47. The molecule has 2 unspecified atom stereocenters. The maximum absolute atomic E-state index is 12.6. The Morgan fingerprint density at radius 2 is 1.92 bits per heavy atom. The second kappa shape index (κ2) is 8.06. The number of ether oxygens (including phenoxy) is 1. The molecule has 5 nitrogen and oxygen atoms in total. The molecule has 2 aliphatic rings. The molecule has 3 rings (SSSR count). The summed E-state index contributed by atoms with van der Waals surface area (Å²) in [7, 11) is 0. The second-order valence-corrected chi connectivity index (χ2v) is 7.69. The molecule has 1 aliphatic carbocycles. The van der Waals surface area contributed by atoms with Gasteiger partial charge in [0.25, 0.3) is 0 Å². The highest BCUT2D eigenvalue weighted by molar-refractivity contribution is 5.76. The van der Waals surface area contributed by atoms with Crippen molar-refractivity contribution in [1.82, 2.24) is 14.9 Å². The highest BCUT2D eigenvalue weighted by atomic mass is 16.5. The maximum atomic E-state index is 12.6. The van der Waals surface area contributed by atoms with Crippen LogP contribution in [-0.2, 0) is 16.0 Å². The molecule has 0 aromatic carbocycles. The first-order valence-electron chi connectivity index (χ1n) is 9.26. The number of hydrogen-bond donors (Lipinski definition) is 0. The molecule has 1 aliphatic heterocycles. The first-order chi connectivity index (χ1) is 11.6. The molecule has 1 saturated heterocycles. The monoisotopic (exact) mass is 331 g/mol. The first kappa shape index (κ1) is 17.3. The van der Waals surface area contributed by atoms with Crippen molar-refractivity contribution in [2.45, 2.75) is 52.1 Å². The zero-order valence-corrected chi connectivity index (χ0v) is 14.9. The van der Waals surface area contributed by atoms with Gasteiger partial charge < -0.3 is 9.64 Å². The Hall–Kier alpha value is -1.49. The van der Waals surface area contributed by atoms with Crippen LogP contribution in [-0.4, -0.2) is 46.6 Å². The minimum atomic E-state index is 0.262. The van der Waals surface area contributed by atoms with Crippen molar-refractivity contribution in [1.29, 1.82) is 0 Å². The quantitative estimate of drug-likeness (QED) is 0.804. The molecule has 2 fully saturated rings. The van der Waals surface area contributed by atoms with Gasteiger partial charge in [0.05, 0.1) is 6.10 Å². The van der Waals surface area contributed by atoms with Crippen molar-refractivity contribution in [2.75, 3.05) is 19.7 Å². The molecule has 0 spiro atoms. The van der Waals surface area contributed by atoms with E-state index in [1.807, 2.05) is 0 Å². The Balaban J connectivity index is 1.54. The van der Waals surface area contributed by atoms with Crippen molar-refractivity contribution < 1.29 is 9.53 Å². The molecule has 1 aromatic rings. The van der Waals surface area contributed by atoms with Crippen LogP contribution in [0.2, 0.25) is 0 Å². The van der Waals surface area contributed by atoms with Gasteiger partial charge in [0.15, 0.2) is 0 Å². The van der Waals surface area contributed by atoms with Crippen LogP contribution in [0.5, 0.6) is 0 Å². The first-order valence-corrected chi connectivity index (χ1v) is 9.26. The van der Waals surface area contributed by atoms with E-state index in [0.29, 0.717) is 30.3 Å². The third-order valence-electron chi connectivity index (χ3n) is 5.21. The average molecular weight is 331 g/mol. The van der Waals surface area contributed by atoms with Gasteiger partial charge in [-0.25, -0.2) is 9.97 Å². The zero-order chi connectivity index (χ0) is 16.9.